The molecular weight excluding hydrogens is 488 g/mol. The van der Waals surface area contributed by atoms with Gasteiger partial charge in [0.05, 0.1) is 39.3 Å². The summed E-state index contributed by atoms with van der Waals surface area (Å²) in [7, 11) is 1.88. The second-order valence-electron chi connectivity index (χ2n) is 10.1. The molecule has 5 heterocycles. The minimum atomic E-state index is -0.294. The van der Waals surface area contributed by atoms with Crippen LogP contribution in [0, 0.1) is 19.8 Å². The Labute approximate surface area is 218 Å². The zero-order chi connectivity index (χ0) is 25.7. The first-order valence-corrected chi connectivity index (χ1v) is 13.5. The summed E-state index contributed by atoms with van der Waals surface area (Å²) in [5.74, 6) is 0.360. The summed E-state index contributed by atoms with van der Waals surface area (Å²) in [4.78, 5) is 34.6. The Morgan fingerprint density at radius 3 is 2.73 bits per heavy atom. The minimum Gasteiger partial charge on any atom is -0.351 e. The molecule has 1 unspecified atom stereocenters. The summed E-state index contributed by atoms with van der Waals surface area (Å²) in [6.07, 6.45) is 10.9. The number of rotatable bonds is 7. The highest BCUT2D eigenvalue weighted by atomic mass is 32.1. The molecule has 192 valence electrons. The van der Waals surface area contributed by atoms with Crippen LogP contribution in [0.2, 0.25) is 0 Å². The lowest BCUT2D eigenvalue weighted by Gasteiger charge is -2.26. The standard InChI is InChI=1S/C26H30N8O2S/c1-15-21(13-32(3)31-15)23-14-34-26(37-23)20(11-29-34)25(36)30-22-9-18(10-28-16(22)2)24(35)27-6-7-33-12-17-4-5-19(33)8-17/h9-11,13-14,17,19H,4-8,12H2,1-3H3,(H,27,35)(H,30,36)/t17?,19-/m1/s1. The predicted octanol–water partition coefficient (Wildman–Crippen LogP) is 3.27. The number of nitrogens with zero attached hydrogens (tertiary/aromatic N) is 6. The molecule has 2 N–H and O–H groups in total. The molecule has 37 heavy (non-hydrogen) atoms. The van der Waals surface area contributed by atoms with E-state index in [4.69, 9.17) is 0 Å². The Morgan fingerprint density at radius 1 is 1.14 bits per heavy atom. The van der Waals surface area contributed by atoms with Crippen molar-refractivity contribution in [1.29, 1.82) is 0 Å². The van der Waals surface area contributed by atoms with Gasteiger partial charge in [0, 0.05) is 56.9 Å². The van der Waals surface area contributed by atoms with Crippen molar-refractivity contribution in [2.45, 2.75) is 39.2 Å². The van der Waals surface area contributed by atoms with E-state index in [1.807, 2.05) is 33.3 Å². The van der Waals surface area contributed by atoms with Crippen LogP contribution in [0.25, 0.3) is 15.3 Å². The summed E-state index contributed by atoms with van der Waals surface area (Å²) in [6.45, 7) is 6.39. The van der Waals surface area contributed by atoms with Gasteiger partial charge in [0.2, 0.25) is 0 Å². The van der Waals surface area contributed by atoms with E-state index < -0.39 is 0 Å². The van der Waals surface area contributed by atoms with Gasteiger partial charge in [-0.15, -0.1) is 11.3 Å². The number of fused-ring (bicyclic) bond motifs is 3. The van der Waals surface area contributed by atoms with E-state index in [2.05, 4.69) is 30.7 Å². The van der Waals surface area contributed by atoms with Gasteiger partial charge in [0.25, 0.3) is 11.8 Å². The van der Waals surface area contributed by atoms with Crippen LogP contribution in [-0.4, -0.2) is 66.8 Å². The first-order chi connectivity index (χ1) is 17.9. The number of hydrogen-bond acceptors (Lipinski definition) is 7. The van der Waals surface area contributed by atoms with Gasteiger partial charge < -0.3 is 10.6 Å². The van der Waals surface area contributed by atoms with Crippen molar-refractivity contribution in [2.75, 3.05) is 25.0 Å². The molecule has 11 heteroatoms. The van der Waals surface area contributed by atoms with E-state index in [-0.39, 0.29) is 11.8 Å². The summed E-state index contributed by atoms with van der Waals surface area (Å²) in [6, 6.07) is 2.38. The van der Waals surface area contributed by atoms with Gasteiger partial charge >= 0.3 is 0 Å². The van der Waals surface area contributed by atoms with Gasteiger partial charge in [-0.2, -0.15) is 10.2 Å². The van der Waals surface area contributed by atoms with Crippen LogP contribution >= 0.6 is 11.3 Å². The number of thiazole rings is 1. The fourth-order valence-corrected chi connectivity index (χ4v) is 6.72. The molecule has 4 aromatic rings. The van der Waals surface area contributed by atoms with E-state index in [1.165, 1.54) is 30.6 Å². The van der Waals surface area contributed by atoms with Gasteiger partial charge in [-0.1, -0.05) is 0 Å². The number of carbonyl (C=O) groups is 2. The molecule has 2 amide bonds. The van der Waals surface area contributed by atoms with Gasteiger partial charge in [0.1, 0.15) is 4.83 Å². The molecule has 2 fully saturated rings. The molecule has 2 atom stereocenters. The van der Waals surface area contributed by atoms with Crippen molar-refractivity contribution < 1.29 is 9.59 Å². The number of aromatic nitrogens is 5. The fourth-order valence-electron chi connectivity index (χ4n) is 5.60. The number of carbonyl (C=O) groups excluding carboxylic acids is 2. The van der Waals surface area contributed by atoms with Gasteiger partial charge in [-0.3, -0.25) is 24.2 Å². The highest BCUT2D eigenvalue weighted by Crippen LogP contribution is 2.37. The summed E-state index contributed by atoms with van der Waals surface area (Å²) >= 11 is 1.49. The average molecular weight is 519 g/mol. The summed E-state index contributed by atoms with van der Waals surface area (Å²) in [5, 5.41) is 14.7. The number of piperidine rings is 1. The molecule has 4 aromatic heterocycles. The molecule has 0 aromatic carbocycles. The number of amides is 2. The number of anilines is 1. The van der Waals surface area contributed by atoms with E-state index >= 15 is 0 Å². The first-order valence-electron chi connectivity index (χ1n) is 12.6. The topological polar surface area (TPSA) is 109 Å². The Balaban J connectivity index is 1.14. The molecule has 1 saturated heterocycles. The highest BCUT2D eigenvalue weighted by Gasteiger charge is 2.37. The molecule has 10 nitrogen and oxygen atoms in total. The molecule has 0 spiro atoms. The first kappa shape index (κ1) is 23.8. The SMILES string of the molecule is Cc1ncc(C(=O)NCCN2CC3CC[C@@H]2C3)cc1NC(=O)c1cnn2cc(-c3cn(C)nc3C)sc12. The van der Waals surface area contributed by atoms with Crippen LogP contribution in [0.5, 0.6) is 0 Å². The van der Waals surface area contributed by atoms with Gasteiger partial charge in [0.15, 0.2) is 0 Å². The minimum absolute atomic E-state index is 0.185. The van der Waals surface area contributed by atoms with Crippen molar-refractivity contribution >= 4 is 33.7 Å². The van der Waals surface area contributed by atoms with Crippen molar-refractivity contribution in [3.8, 4) is 10.4 Å². The quantitative estimate of drug-likeness (QED) is 0.389. The zero-order valence-electron chi connectivity index (χ0n) is 21.2. The van der Waals surface area contributed by atoms with Crippen molar-refractivity contribution in [1.82, 2.24) is 34.6 Å². The Bertz CT molecular complexity index is 1500. The van der Waals surface area contributed by atoms with Gasteiger partial charge in [-0.05, 0) is 45.1 Å². The summed E-state index contributed by atoms with van der Waals surface area (Å²) in [5.41, 5.74) is 3.97. The average Bonchev–Trinajstić information content (AvgIpc) is 3.67. The molecule has 1 saturated carbocycles. The van der Waals surface area contributed by atoms with Crippen LogP contribution in [-0.2, 0) is 7.05 Å². The van der Waals surface area contributed by atoms with E-state index in [0.29, 0.717) is 35.1 Å². The molecule has 2 bridgehead atoms. The smallest absolute Gasteiger partial charge is 0.260 e. The lowest BCUT2D eigenvalue weighted by molar-refractivity contribution is 0.0943. The fraction of sp³-hybridized carbons (Fsp3) is 0.423. The number of hydrogen-bond donors (Lipinski definition) is 2. The number of aryl methyl sites for hydroxylation is 3. The second-order valence-corrected chi connectivity index (χ2v) is 11.1. The third kappa shape index (κ3) is 4.53. The number of likely N-dealkylation sites (tertiary alicyclic amines) is 1. The maximum atomic E-state index is 13.2. The monoisotopic (exact) mass is 518 g/mol. The molecule has 2 aliphatic rings. The Hall–Kier alpha value is -3.57. The summed E-state index contributed by atoms with van der Waals surface area (Å²) < 4.78 is 3.48. The molecule has 0 radical (unpaired) electrons. The third-order valence-electron chi connectivity index (χ3n) is 7.52. The maximum Gasteiger partial charge on any atom is 0.260 e. The maximum absolute atomic E-state index is 13.2. The van der Waals surface area contributed by atoms with Crippen molar-refractivity contribution in [2.24, 2.45) is 13.0 Å². The normalized spacial score (nSPS) is 19.1. The zero-order valence-corrected chi connectivity index (χ0v) is 22.0. The Kier molecular flexibility index (Phi) is 6.04. The lowest BCUT2D eigenvalue weighted by atomic mass is 10.1. The van der Waals surface area contributed by atoms with Gasteiger partial charge in [-0.25, -0.2) is 4.52 Å². The molecule has 1 aliphatic heterocycles. The Morgan fingerprint density at radius 2 is 2.00 bits per heavy atom. The molecular formula is C26H30N8O2S. The van der Waals surface area contributed by atoms with Crippen LogP contribution in [0.1, 0.15) is 51.4 Å². The largest absolute Gasteiger partial charge is 0.351 e. The van der Waals surface area contributed by atoms with Crippen molar-refractivity contribution in [3.05, 3.63) is 53.4 Å². The van der Waals surface area contributed by atoms with Crippen molar-refractivity contribution in [3.63, 3.8) is 0 Å². The van der Waals surface area contributed by atoms with E-state index in [1.54, 1.807) is 27.7 Å². The van der Waals surface area contributed by atoms with Crippen LogP contribution < -0.4 is 10.6 Å². The van der Waals surface area contributed by atoms with Crippen LogP contribution in [0.3, 0.4) is 0 Å². The third-order valence-corrected chi connectivity index (χ3v) is 8.67. The van der Waals surface area contributed by atoms with Crippen LogP contribution in [0.4, 0.5) is 5.69 Å². The number of pyridine rings is 1. The van der Waals surface area contributed by atoms with Crippen LogP contribution in [0.15, 0.2) is 30.9 Å². The van der Waals surface area contributed by atoms with E-state index in [9.17, 15) is 9.59 Å². The van der Waals surface area contributed by atoms with E-state index in [0.717, 1.165) is 40.0 Å². The molecule has 1 aliphatic carbocycles. The molecule has 6 rings (SSSR count). The lowest BCUT2D eigenvalue weighted by Crippen LogP contribution is -2.39. The predicted molar refractivity (Wildman–Crippen MR) is 142 cm³/mol. The second kappa shape index (κ2) is 9.38. The highest BCUT2D eigenvalue weighted by molar-refractivity contribution is 7.21. The number of nitrogens with one attached hydrogen (secondary N) is 2.